The molecular weight excluding hydrogens is 866 g/mol. The third-order valence-corrected chi connectivity index (χ3v) is 17.7. The van der Waals surface area contributed by atoms with Crippen molar-refractivity contribution in [2.45, 2.75) is 227 Å². The number of esters is 3. The molecule has 4 aliphatic rings. The third-order valence-electron chi connectivity index (χ3n) is 16.7. The molecule has 0 aromatic rings. The van der Waals surface area contributed by atoms with E-state index in [1.807, 2.05) is 21.1 Å². The molecule has 0 spiro atoms. The zero-order valence-electron chi connectivity index (χ0n) is 44.1. The second kappa shape index (κ2) is 28.3. The molecule has 1 unspecified atom stereocenters. The summed E-state index contributed by atoms with van der Waals surface area (Å²) in [4.78, 5) is 51.5. The standard InChI is InChI=1S/C55H98NO10P/c1-10-11-12-13-14-15-16-17-18-19-20-21-22-26-51(57)62-40-46(41-64-67(60,61)63-38-37-56(7,8)9)66-53(59)32-31-52(58)65-45-33-35-54(5)44(39-45)27-28-47-49-30-29-48(43(4)25-23-24-42(2)3)55(49,6)36-34-50(47)54/h27,42-43,45-50H,10-26,28-41H2,1-9H3/t43-,45+,46+,47+,48-,49+,50+,54+,55-/m1/s1. The number of carbonyl (C=O) groups is 3. The quantitative estimate of drug-likeness (QED) is 0.0156. The maximum absolute atomic E-state index is 13.2. The number of fused-ring (bicyclic) bond motifs is 5. The SMILES string of the molecule is CCCCCCCCCCCCCCCC(=O)OC[C@@H](COP(=O)([O-])OCC[N+](C)(C)C)OC(=O)CCC(=O)O[C@H]1CC[C@@]2(C)C(=CC[C@H]3[C@@H]4CC[C@H]([C@H](C)CCCC(C)C)[C@@]4(C)CC[C@@H]32)C1. The molecule has 0 aromatic heterocycles. The van der Waals surface area contributed by atoms with E-state index in [4.69, 9.17) is 23.3 Å². The van der Waals surface area contributed by atoms with Gasteiger partial charge in [0.1, 0.15) is 25.9 Å². The minimum atomic E-state index is -4.73. The number of allylic oxidation sites excluding steroid dienone is 1. The molecule has 67 heavy (non-hydrogen) atoms. The number of rotatable bonds is 33. The number of unbranched alkanes of at least 4 members (excludes halogenated alkanes) is 12. The van der Waals surface area contributed by atoms with E-state index in [1.165, 1.54) is 108 Å². The molecular formula is C55H98NO10P. The summed E-state index contributed by atoms with van der Waals surface area (Å²) in [6.07, 6.45) is 29.5. The second-order valence-electron chi connectivity index (χ2n) is 23.5. The minimum Gasteiger partial charge on any atom is -0.756 e. The van der Waals surface area contributed by atoms with E-state index in [0.717, 1.165) is 74.5 Å². The van der Waals surface area contributed by atoms with E-state index < -0.39 is 38.4 Å². The first-order valence-electron chi connectivity index (χ1n) is 27.4. The number of quaternary nitrogens is 1. The predicted molar refractivity (Wildman–Crippen MR) is 266 cm³/mol. The summed E-state index contributed by atoms with van der Waals surface area (Å²) in [5, 5.41) is 0. The summed E-state index contributed by atoms with van der Waals surface area (Å²) < 4.78 is 40.2. The van der Waals surface area contributed by atoms with Gasteiger partial charge in [0, 0.05) is 12.8 Å². The fraction of sp³-hybridized carbons (Fsp3) is 0.909. The lowest BCUT2D eigenvalue weighted by atomic mass is 9.47. The van der Waals surface area contributed by atoms with E-state index in [1.54, 1.807) is 0 Å². The molecule has 0 aromatic carbocycles. The van der Waals surface area contributed by atoms with Crippen molar-refractivity contribution >= 4 is 25.7 Å². The van der Waals surface area contributed by atoms with Crippen LogP contribution in [-0.2, 0) is 42.2 Å². The highest BCUT2D eigenvalue weighted by atomic mass is 31.2. The maximum atomic E-state index is 13.2. The summed E-state index contributed by atoms with van der Waals surface area (Å²) in [5.74, 6) is 2.95. The van der Waals surface area contributed by atoms with Gasteiger partial charge in [-0.3, -0.25) is 18.9 Å². The summed E-state index contributed by atoms with van der Waals surface area (Å²) in [6, 6.07) is 0. The average Bonchev–Trinajstić information content (AvgIpc) is 3.62. The first-order chi connectivity index (χ1) is 31.8. The zero-order chi connectivity index (χ0) is 49.1. The summed E-state index contributed by atoms with van der Waals surface area (Å²) >= 11 is 0. The van der Waals surface area contributed by atoms with Gasteiger partial charge in [0.2, 0.25) is 0 Å². The van der Waals surface area contributed by atoms with Gasteiger partial charge < -0.3 is 32.6 Å². The lowest BCUT2D eigenvalue weighted by molar-refractivity contribution is -0.870. The van der Waals surface area contributed by atoms with Crippen LogP contribution in [0.1, 0.15) is 215 Å². The van der Waals surface area contributed by atoms with Crippen LogP contribution < -0.4 is 4.89 Å². The molecule has 3 fully saturated rings. The van der Waals surface area contributed by atoms with Crippen LogP contribution in [0.15, 0.2) is 11.6 Å². The molecule has 3 saturated carbocycles. The Bertz CT molecular complexity index is 1580. The van der Waals surface area contributed by atoms with E-state index in [0.29, 0.717) is 28.8 Å². The zero-order valence-corrected chi connectivity index (χ0v) is 45.0. The molecule has 0 aliphatic heterocycles. The molecule has 12 heteroatoms. The lowest BCUT2D eigenvalue weighted by Gasteiger charge is -2.58. The van der Waals surface area contributed by atoms with E-state index in [2.05, 4.69) is 47.6 Å². The fourth-order valence-corrected chi connectivity index (χ4v) is 13.5. The first kappa shape index (κ1) is 57.8. The second-order valence-corrected chi connectivity index (χ2v) is 24.9. The number of likely N-dealkylation sites (N-methyl/N-ethyl adjacent to an activating group) is 1. The minimum absolute atomic E-state index is 0.0812. The Balaban J connectivity index is 1.20. The van der Waals surface area contributed by atoms with Crippen LogP contribution in [0.25, 0.3) is 0 Å². The van der Waals surface area contributed by atoms with Gasteiger partial charge in [0.15, 0.2) is 6.10 Å². The van der Waals surface area contributed by atoms with Crippen LogP contribution in [0.5, 0.6) is 0 Å². The first-order valence-corrected chi connectivity index (χ1v) is 28.9. The molecule has 0 radical (unpaired) electrons. The Labute approximate surface area is 408 Å². The van der Waals surface area contributed by atoms with Gasteiger partial charge in [-0.25, -0.2) is 0 Å². The van der Waals surface area contributed by atoms with Crippen molar-refractivity contribution in [3.63, 3.8) is 0 Å². The Morgan fingerprint density at radius 2 is 1.39 bits per heavy atom. The third kappa shape index (κ3) is 19.4. The van der Waals surface area contributed by atoms with Crippen molar-refractivity contribution < 1.29 is 51.6 Å². The molecule has 11 nitrogen and oxygen atoms in total. The number of phosphoric ester groups is 1. The monoisotopic (exact) mass is 964 g/mol. The molecule has 0 saturated heterocycles. The molecule has 4 rings (SSSR count). The lowest BCUT2D eigenvalue weighted by Crippen LogP contribution is -2.51. The van der Waals surface area contributed by atoms with Crippen molar-refractivity contribution in [1.82, 2.24) is 0 Å². The number of phosphoric acid groups is 1. The van der Waals surface area contributed by atoms with E-state index >= 15 is 0 Å². The van der Waals surface area contributed by atoms with Crippen molar-refractivity contribution in [3.8, 4) is 0 Å². The number of hydrogen-bond acceptors (Lipinski definition) is 10. The normalized spacial score (nSPS) is 27.8. The topological polar surface area (TPSA) is 137 Å². The summed E-state index contributed by atoms with van der Waals surface area (Å²) in [6.45, 7) is 14.0. The number of ether oxygens (including phenoxy) is 3. The van der Waals surface area contributed by atoms with Gasteiger partial charge in [0.25, 0.3) is 7.82 Å². The van der Waals surface area contributed by atoms with Gasteiger partial charge >= 0.3 is 17.9 Å². The van der Waals surface area contributed by atoms with Gasteiger partial charge in [0.05, 0.1) is 40.6 Å². The summed E-state index contributed by atoms with van der Waals surface area (Å²) in [7, 11) is 1.00. The molecule has 0 amide bonds. The van der Waals surface area contributed by atoms with Crippen LogP contribution in [0.3, 0.4) is 0 Å². The number of hydrogen-bond donors (Lipinski definition) is 0. The smallest absolute Gasteiger partial charge is 0.306 e. The Morgan fingerprint density at radius 3 is 2.03 bits per heavy atom. The van der Waals surface area contributed by atoms with Gasteiger partial charge in [-0.2, -0.15) is 0 Å². The number of nitrogens with zero attached hydrogens (tertiary/aromatic N) is 1. The van der Waals surface area contributed by atoms with Crippen LogP contribution in [0.2, 0.25) is 0 Å². The molecule has 0 heterocycles. The molecule has 388 valence electrons. The number of carbonyl (C=O) groups excluding carboxylic acids is 3. The molecule has 10 atom stereocenters. The van der Waals surface area contributed by atoms with Gasteiger partial charge in [-0.05, 0) is 97.7 Å². The summed E-state index contributed by atoms with van der Waals surface area (Å²) in [5.41, 5.74) is 2.02. The molecule has 0 bridgehead atoms. The fourth-order valence-electron chi connectivity index (χ4n) is 12.7. The van der Waals surface area contributed by atoms with E-state index in [-0.39, 0.29) is 44.0 Å². The van der Waals surface area contributed by atoms with Crippen molar-refractivity contribution in [1.29, 1.82) is 0 Å². The van der Waals surface area contributed by atoms with Gasteiger partial charge in [-0.15, -0.1) is 0 Å². The van der Waals surface area contributed by atoms with E-state index in [9.17, 15) is 23.8 Å². The predicted octanol–water partition coefficient (Wildman–Crippen LogP) is 12.9. The average molecular weight is 964 g/mol. The highest BCUT2D eigenvalue weighted by molar-refractivity contribution is 7.45. The van der Waals surface area contributed by atoms with Crippen LogP contribution in [0.4, 0.5) is 0 Å². The Morgan fingerprint density at radius 1 is 0.746 bits per heavy atom. The van der Waals surface area contributed by atoms with Crippen LogP contribution in [0, 0.1) is 46.3 Å². The highest BCUT2D eigenvalue weighted by Crippen LogP contribution is 2.67. The maximum Gasteiger partial charge on any atom is 0.306 e. The largest absolute Gasteiger partial charge is 0.756 e. The van der Waals surface area contributed by atoms with Crippen molar-refractivity contribution in [3.05, 3.63) is 11.6 Å². The van der Waals surface area contributed by atoms with Crippen molar-refractivity contribution in [2.24, 2.45) is 46.3 Å². The van der Waals surface area contributed by atoms with Crippen LogP contribution in [-0.4, -0.2) is 82.1 Å². The molecule has 4 aliphatic carbocycles. The van der Waals surface area contributed by atoms with Crippen molar-refractivity contribution in [2.75, 3.05) is 47.5 Å². The Kier molecular flexibility index (Phi) is 24.4. The van der Waals surface area contributed by atoms with Gasteiger partial charge in [-0.1, -0.05) is 150 Å². The van der Waals surface area contributed by atoms with Crippen LogP contribution >= 0.6 is 7.82 Å². The Hall–Kier alpha value is -1.78. The molecule has 0 N–H and O–H groups in total. The highest BCUT2D eigenvalue weighted by Gasteiger charge is 2.59.